The van der Waals surface area contributed by atoms with Crippen LogP contribution in [0.25, 0.3) is 11.1 Å². The van der Waals surface area contributed by atoms with E-state index in [2.05, 4.69) is 73.1 Å². The van der Waals surface area contributed by atoms with Crippen LogP contribution in [0.5, 0.6) is 0 Å². The van der Waals surface area contributed by atoms with Gasteiger partial charge in [-0.25, -0.2) is 4.79 Å². The molecule has 264 valence electrons. The van der Waals surface area contributed by atoms with Gasteiger partial charge in [0.1, 0.15) is 6.04 Å². The Kier molecular flexibility index (Phi) is 20.7. The van der Waals surface area contributed by atoms with Gasteiger partial charge in [0.25, 0.3) is 5.91 Å². The fourth-order valence-electron chi connectivity index (χ4n) is 5.36. The normalized spacial score (nSPS) is 16.2. The largest absolute Gasteiger partial charge is 0.480 e. The summed E-state index contributed by atoms with van der Waals surface area (Å²) in [5.41, 5.74) is 5.81. The monoisotopic (exact) mass is 712 g/mol. The van der Waals surface area contributed by atoms with E-state index in [-0.39, 0.29) is 5.91 Å². The molecule has 48 heavy (non-hydrogen) atoms. The molecule has 9 heteroatoms. The number of carboxylic acids is 1. The molecular formula is C39H56N2O4S3. The number of hydrogen-bond donors (Lipinski definition) is 3. The third kappa shape index (κ3) is 14.2. The van der Waals surface area contributed by atoms with Crippen LogP contribution < -0.4 is 5.32 Å². The van der Waals surface area contributed by atoms with Crippen molar-refractivity contribution in [2.75, 3.05) is 38.0 Å². The highest BCUT2D eigenvalue weighted by atomic mass is 32.2. The number of methoxy groups -OCH3 is 1. The van der Waals surface area contributed by atoms with E-state index in [0.717, 1.165) is 53.3 Å². The average Bonchev–Trinajstić information content (AvgIpc) is 3.47. The summed E-state index contributed by atoms with van der Waals surface area (Å²) in [5.74, 6) is 1.22. The van der Waals surface area contributed by atoms with Gasteiger partial charge in [0.05, 0.1) is 6.61 Å². The summed E-state index contributed by atoms with van der Waals surface area (Å²) in [5, 5.41) is 13.0. The first-order valence-corrected chi connectivity index (χ1v) is 20.0. The second-order valence-electron chi connectivity index (χ2n) is 11.8. The summed E-state index contributed by atoms with van der Waals surface area (Å²) in [6.07, 6.45) is 6.01. The Morgan fingerprint density at radius 2 is 1.67 bits per heavy atom. The van der Waals surface area contributed by atoms with Gasteiger partial charge in [0.2, 0.25) is 0 Å². The highest BCUT2D eigenvalue weighted by Gasteiger charge is 2.32. The number of aliphatic carboxylic acids is 1. The Labute approximate surface area is 303 Å². The molecule has 1 aliphatic rings. The molecule has 2 N–H and O–H groups in total. The lowest BCUT2D eigenvalue weighted by Crippen LogP contribution is -2.41. The van der Waals surface area contributed by atoms with E-state index in [1.54, 1.807) is 18.9 Å². The Hall–Kier alpha value is -2.43. The Bertz CT molecular complexity index is 1360. The first-order chi connectivity index (χ1) is 23.2. The van der Waals surface area contributed by atoms with E-state index in [9.17, 15) is 14.7 Å². The Morgan fingerprint density at radius 1 is 1.00 bits per heavy atom. The van der Waals surface area contributed by atoms with Gasteiger partial charge < -0.3 is 15.2 Å². The highest BCUT2D eigenvalue weighted by Crippen LogP contribution is 2.33. The van der Waals surface area contributed by atoms with Gasteiger partial charge in [-0.2, -0.15) is 36.2 Å². The van der Waals surface area contributed by atoms with Crippen molar-refractivity contribution in [3.05, 3.63) is 95.1 Å². The predicted molar refractivity (Wildman–Crippen MR) is 211 cm³/mol. The molecule has 2 unspecified atom stereocenters. The van der Waals surface area contributed by atoms with Crippen molar-refractivity contribution >= 4 is 48.0 Å². The number of unbranched alkanes of at least 4 members (excludes halogenated alkanes) is 1. The standard InChI is InChI=1S/C33H40N2O4S2.C4H10.C2H6S/c1-23-9-7-8-12-28(23)30-17-25(13-14-29(30)32(36)34-31(33(37)38)15-16-40-3)19-35-20-27(18-26(35)21-39-2)41-22-24-10-5-4-6-11-24;1-3-4-2;1-2-3/h4-14,17,26-27,31H,15-16,18-22H2,1-3H3,(H,34,36)(H,37,38);3-4H2,1-2H3;3H,2H2,1H3/t26?,27-,31?;;/m0../s1. The summed E-state index contributed by atoms with van der Waals surface area (Å²) in [4.78, 5) is 27.8. The highest BCUT2D eigenvalue weighted by molar-refractivity contribution is 7.99. The SMILES string of the molecule is CCCC.CCS.COCC1C[C@H](SCc2ccccc2)CN1Cc1ccc(C(=O)NC(CCSC)C(=O)O)c(-c2ccccc2C)c1. The van der Waals surface area contributed by atoms with E-state index in [4.69, 9.17) is 4.74 Å². The lowest BCUT2D eigenvalue weighted by molar-refractivity contribution is -0.139. The number of rotatable bonds is 15. The maximum atomic E-state index is 13.4. The lowest BCUT2D eigenvalue weighted by atomic mass is 9.93. The second-order valence-corrected chi connectivity index (χ2v) is 14.8. The number of carbonyl (C=O) groups is 2. The Morgan fingerprint density at radius 3 is 2.27 bits per heavy atom. The number of nitrogens with zero attached hydrogens (tertiary/aromatic N) is 1. The van der Waals surface area contributed by atoms with Crippen LogP contribution in [-0.4, -0.2) is 77.2 Å². The zero-order chi connectivity index (χ0) is 35.3. The maximum absolute atomic E-state index is 13.4. The van der Waals surface area contributed by atoms with Crippen molar-refractivity contribution in [1.29, 1.82) is 0 Å². The molecule has 0 aromatic heterocycles. The maximum Gasteiger partial charge on any atom is 0.326 e. The van der Waals surface area contributed by atoms with Crippen LogP contribution in [0.15, 0.2) is 72.8 Å². The molecule has 4 rings (SSSR count). The van der Waals surface area contributed by atoms with Crippen LogP contribution in [0.4, 0.5) is 0 Å². The number of ether oxygens (including phenoxy) is 1. The minimum atomic E-state index is -1.01. The van der Waals surface area contributed by atoms with Crippen molar-refractivity contribution in [2.45, 2.75) is 83.0 Å². The van der Waals surface area contributed by atoms with E-state index in [1.807, 2.05) is 68.3 Å². The molecule has 0 radical (unpaired) electrons. The van der Waals surface area contributed by atoms with Gasteiger partial charge in [-0.3, -0.25) is 9.69 Å². The van der Waals surface area contributed by atoms with E-state index < -0.39 is 12.0 Å². The number of amides is 1. The molecule has 0 bridgehead atoms. The number of thioether (sulfide) groups is 2. The predicted octanol–water partition coefficient (Wildman–Crippen LogP) is 8.86. The van der Waals surface area contributed by atoms with Gasteiger partial charge >= 0.3 is 5.97 Å². The third-order valence-electron chi connectivity index (χ3n) is 8.04. The molecule has 0 saturated carbocycles. The summed E-state index contributed by atoms with van der Waals surface area (Å²) in [7, 11) is 1.76. The van der Waals surface area contributed by atoms with E-state index in [1.165, 1.54) is 18.4 Å². The van der Waals surface area contributed by atoms with Crippen LogP contribution in [0.3, 0.4) is 0 Å². The molecular weight excluding hydrogens is 657 g/mol. The van der Waals surface area contributed by atoms with Crippen molar-refractivity contribution in [2.24, 2.45) is 0 Å². The zero-order valence-corrected chi connectivity index (χ0v) is 32.1. The summed E-state index contributed by atoms with van der Waals surface area (Å²) < 4.78 is 5.60. The minimum absolute atomic E-state index is 0.325. The molecule has 0 aliphatic carbocycles. The number of aryl methyl sites for hydroxylation is 1. The quantitative estimate of drug-likeness (QED) is 0.136. The molecule has 3 aromatic rings. The number of thiol groups is 1. The van der Waals surface area contributed by atoms with Crippen molar-refractivity contribution in [3.8, 4) is 11.1 Å². The molecule has 1 saturated heterocycles. The van der Waals surface area contributed by atoms with E-state index >= 15 is 0 Å². The molecule has 6 nitrogen and oxygen atoms in total. The van der Waals surface area contributed by atoms with Crippen LogP contribution >= 0.6 is 36.2 Å². The van der Waals surface area contributed by atoms with Crippen LogP contribution in [0.1, 0.15) is 73.5 Å². The number of likely N-dealkylation sites (tertiary alicyclic amines) is 1. The summed E-state index contributed by atoms with van der Waals surface area (Å²) >= 11 is 7.36. The second kappa shape index (κ2) is 23.8. The molecule has 1 amide bonds. The van der Waals surface area contributed by atoms with Gasteiger partial charge in [0.15, 0.2) is 0 Å². The summed E-state index contributed by atoms with van der Waals surface area (Å²) in [6.45, 7) is 10.8. The number of nitrogens with one attached hydrogen (secondary N) is 1. The molecule has 3 aromatic carbocycles. The van der Waals surface area contributed by atoms with Gasteiger partial charge in [-0.15, -0.1) is 0 Å². The summed E-state index contributed by atoms with van der Waals surface area (Å²) in [6, 6.07) is 24.0. The van der Waals surface area contributed by atoms with Gasteiger partial charge in [-0.1, -0.05) is 94.3 Å². The van der Waals surface area contributed by atoms with E-state index in [0.29, 0.717) is 35.6 Å². The first-order valence-electron chi connectivity index (χ1n) is 16.9. The van der Waals surface area contributed by atoms with Crippen LogP contribution in [-0.2, 0) is 21.8 Å². The van der Waals surface area contributed by atoms with Crippen LogP contribution in [0.2, 0.25) is 0 Å². The number of hydrogen-bond acceptors (Lipinski definition) is 7. The molecule has 1 fully saturated rings. The minimum Gasteiger partial charge on any atom is -0.480 e. The zero-order valence-electron chi connectivity index (χ0n) is 29.6. The van der Waals surface area contributed by atoms with Crippen LogP contribution in [0, 0.1) is 6.92 Å². The molecule has 1 heterocycles. The topological polar surface area (TPSA) is 78.9 Å². The average molecular weight is 713 g/mol. The molecule has 3 atom stereocenters. The lowest BCUT2D eigenvalue weighted by Gasteiger charge is -2.24. The number of carbonyl (C=O) groups excluding carboxylic acids is 1. The Balaban J connectivity index is 0.00000105. The number of carboxylic acid groups (broad SMARTS) is 1. The molecule has 1 aliphatic heterocycles. The third-order valence-corrected chi connectivity index (χ3v) is 10.00. The van der Waals surface area contributed by atoms with Crippen molar-refractivity contribution < 1.29 is 19.4 Å². The van der Waals surface area contributed by atoms with Gasteiger partial charge in [0, 0.05) is 42.8 Å². The fourth-order valence-corrected chi connectivity index (χ4v) is 7.10. The fraction of sp³-hybridized carbons (Fsp3) is 0.487. The smallest absolute Gasteiger partial charge is 0.326 e. The van der Waals surface area contributed by atoms with Crippen molar-refractivity contribution in [3.63, 3.8) is 0 Å². The van der Waals surface area contributed by atoms with Crippen molar-refractivity contribution in [1.82, 2.24) is 10.2 Å². The van der Waals surface area contributed by atoms with Gasteiger partial charge in [-0.05, 0) is 77.5 Å². The molecule has 0 spiro atoms. The number of benzene rings is 3. The first kappa shape index (κ1) is 41.7.